The van der Waals surface area contributed by atoms with E-state index in [1.54, 1.807) is 0 Å². The topological polar surface area (TPSA) is 44.5 Å². The molecule has 0 radical (unpaired) electrons. The fourth-order valence-corrected chi connectivity index (χ4v) is 7.57. The van der Waals surface area contributed by atoms with Crippen molar-refractivity contribution in [1.82, 2.24) is 0 Å². The Hall–Kier alpha value is -5.84. The van der Waals surface area contributed by atoms with Gasteiger partial charge >= 0.3 is 0 Å². The second-order valence-electron chi connectivity index (χ2n) is 15.0. The lowest BCUT2D eigenvalue weighted by atomic mass is 9.98. The fraction of sp³-hybridized carbons (Fsp3) is 0.231. The number of nitrogens with one attached hydrogen (secondary N) is 1. The molecule has 0 fully saturated rings. The molecule has 4 nitrogen and oxygen atoms in total. The minimum absolute atomic E-state index is 0.0414. The molecule has 0 spiro atoms. The van der Waals surface area contributed by atoms with Crippen molar-refractivity contribution < 1.29 is 0 Å². The van der Waals surface area contributed by atoms with Crippen LogP contribution in [-0.4, -0.2) is 6.54 Å². The number of benzene rings is 6. The number of unbranched alkanes of at least 4 members (excludes halogenated alkanes) is 1. The summed E-state index contributed by atoms with van der Waals surface area (Å²) in [5.74, 6) is 0. The Labute approximate surface area is 336 Å². The van der Waals surface area contributed by atoms with Gasteiger partial charge in [0.05, 0.1) is 0 Å². The van der Waals surface area contributed by atoms with Crippen LogP contribution >= 0.6 is 0 Å². The lowest BCUT2D eigenvalue weighted by Gasteiger charge is -2.29. The number of hydrogen-bond donors (Lipinski definition) is 2. The second kappa shape index (κ2) is 18.2. The summed E-state index contributed by atoms with van der Waals surface area (Å²) < 4.78 is 0. The molecule has 286 valence electrons. The Kier molecular flexibility index (Phi) is 12.9. The molecule has 0 amide bonds. The summed E-state index contributed by atoms with van der Waals surface area (Å²) >= 11 is 0. The van der Waals surface area contributed by atoms with Gasteiger partial charge in [0.2, 0.25) is 0 Å². The summed E-state index contributed by atoms with van der Waals surface area (Å²) in [5.41, 5.74) is 24.9. The van der Waals surface area contributed by atoms with Crippen LogP contribution in [-0.2, 0) is 0 Å². The van der Waals surface area contributed by atoms with E-state index in [0.717, 1.165) is 76.7 Å². The Morgan fingerprint density at radius 1 is 0.554 bits per heavy atom. The van der Waals surface area contributed by atoms with Crippen LogP contribution in [0.5, 0.6) is 0 Å². The van der Waals surface area contributed by atoms with Crippen molar-refractivity contribution in [2.45, 2.75) is 73.3 Å². The first kappa shape index (κ1) is 39.8. The predicted molar refractivity (Wildman–Crippen MR) is 246 cm³/mol. The minimum atomic E-state index is 0.0414. The van der Waals surface area contributed by atoms with E-state index in [1.165, 1.54) is 45.4 Å². The number of nitrogens with zero attached hydrogens (tertiary/aromatic N) is 2. The lowest BCUT2D eigenvalue weighted by Crippen LogP contribution is -2.13. The second-order valence-corrected chi connectivity index (χ2v) is 15.0. The van der Waals surface area contributed by atoms with E-state index in [1.807, 2.05) is 12.2 Å². The van der Waals surface area contributed by atoms with Gasteiger partial charge in [0.1, 0.15) is 0 Å². The Morgan fingerprint density at radius 2 is 1.02 bits per heavy atom. The highest BCUT2D eigenvalue weighted by molar-refractivity contribution is 5.84. The highest BCUT2D eigenvalue weighted by Crippen LogP contribution is 2.42. The van der Waals surface area contributed by atoms with Gasteiger partial charge < -0.3 is 20.9 Å². The fourth-order valence-electron chi connectivity index (χ4n) is 7.57. The van der Waals surface area contributed by atoms with Gasteiger partial charge in [-0.1, -0.05) is 88.4 Å². The number of nitrogens with two attached hydrogens (primary N) is 1. The van der Waals surface area contributed by atoms with Gasteiger partial charge in [-0.3, -0.25) is 0 Å². The van der Waals surface area contributed by atoms with E-state index >= 15 is 0 Å². The number of rotatable bonds is 16. The average molecular weight is 739 g/mol. The van der Waals surface area contributed by atoms with Crippen molar-refractivity contribution >= 4 is 52.0 Å². The first-order valence-electron chi connectivity index (χ1n) is 20.1. The molecule has 0 bridgehead atoms. The summed E-state index contributed by atoms with van der Waals surface area (Å²) in [6.45, 7) is 22.1. The van der Waals surface area contributed by atoms with Crippen LogP contribution in [0.2, 0.25) is 0 Å². The molecule has 0 aromatic heterocycles. The van der Waals surface area contributed by atoms with Crippen LogP contribution < -0.4 is 20.9 Å². The molecule has 4 heteroatoms. The van der Waals surface area contributed by atoms with Crippen molar-refractivity contribution in [3.05, 3.63) is 173 Å². The summed E-state index contributed by atoms with van der Waals surface area (Å²) in [7, 11) is 0. The first-order chi connectivity index (χ1) is 27.1. The maximum atomic E-state index is 6.51. The zero-order chi connectivity index (χ0) is 39.8. The Morgan fingerprint density at radius 3 is 1.43 bits per heavy atom. The monoisotopic (exact) mass is 738 g/mol. The molecule has 0 heterocycles. The molecular weight excluding hydrogens is 681 g/mol. The molecule has 1 atom stereocenters. The lowest BCUT2D eigenvalue weighted by molar-refractivity contribution is 0.638. The summed E-state index contributed by atoms with van der Waals surface area (Å²) in [4.78, 5) is 4.71. The average Bonchev–Trinajstić information content (AvgIpc) is 3.20. The minimum Gasteiger partial charge on any atom is -0.385 e. The molecule has 6 aromatic rings. The van der Waals surface area contributed by atoms with Gasteiger partial charge in [0.15, 0.2) is 0 Å². The smallest absolute Gasteiger partial charge is 0.0491 e. The molecule has 6 aromatic carbocycles. The quantitative estimate of drug-likeness (QED) is 0.0971. The zero-order valence-electron chi connectivity index (χ0n) is 34.2. The van der Waals surface area contributed by atoms with Crippen molar-refractivity contribution in [2.75, 3.05) is 21.7 Å². The maximum absolute atomic E-state index is 6.51. The van der Waals surface area contributed by atoms with Crippen molar-refractivity contribution in [3.8, 4) is 11.1 Å². The van der Waals surface area contributed by atoms with E-state index < -0.39 is 0 Å². The molecule has 0 aliphatic carbocycles. The van der Waals surface area contributed by atoms with Crippen LogP contribution in [0.15, 0.2) is 134 Å². The van der Waals surface area contributed by atoms with Crippen LogP contribution in [0.1, 0.15) is 84.5 Å². The highest BCUT2D eigenvalue weighted by atomic mass is 15.1. The predicted octanol–water partition coefficient (Wildman–Crippen LogP) is 14.8. The Balaban J connectivity index is 1.37. The van der Waals surface area contributed by atoms with Crippen LogP contribution in [0.3, 0.4) is 0 Å². The largest absolute Gasteiger partial charge is 0.385 e. The molecule has 6 rings (SSSR count). The highest BCUT2D eigenvalue weighted by Gasteiger charge is 2.19. The number of aryl methyl sites for hydroxylation is 4. The summed E-state index contributed by atoms with van der Waals surface area (Å²) in [6.07, 6.45) is 8.20. The van der Waals surface area contributed by atoms with Gasteiger partial charge in [-0.25, -0.2) is 0 Å². The van der Waals surface area contributed by atoms with E-state index in [9.17, 15) is 0 Å². The van der Waals surface area contributed by atoms with E-state index in [-0.39, 0.29) is 6.04 Å². The summed E-state index contributed by atoms with van der Waals surface area (Å²) in [6, 6.07) is 44.4. The van der Waals surface area contributed by atoms with Crippen molar-refractivity contribution in [1.29, 1.82) is 0 Å². The molecule has 56 heavy (non-hydrogen) atoms. The van der Waals surface area contributed by atoms with E-state index in [4.69, 9.17) is 5.73 Å². The van der Waals surface area contributed by atoms with E-state index in [0.29, 0.717) is 0 Å². The third-order valence-electron chi connectivity index (χ3n) is 10.8. The zero-order valence-corrected chi connectivity index (χ0v) is 34.2. The van der Waals surface area contributed by atoms with Crippen LogP contribution in [0.4, 0.5) is 39.8 Å². The molecule has 0 saturated carbocycles. The van der Waals surface area contributed by atoms with Crippen molar-refractivity contribution in [3.63, 3.8) is 0 Å². The molecule has 0 aliphatic heterocycles. The van der Waals surface area contributed by atoms with Crippen LogP contribution in [0.25, 0.3) is 23.3 Å². The van der Waals surface area contributed by atoms with E-state index in [2.05, 4.69) is 191 Å². The van der Waals surface area contributed by atoms with Gasteiger partial charge in [-0.05, 0) is 176 Å². The standard InChI is InChI=1S/C52H58N4/c1-9-13-31-54-45-21-27-47(28-22-45)56(49-26-16-41(12-4)37(6)35-49)52-30-20-44(33-39(52)8)43-19-29-51(38(7)32-43)55(48-25-15-40(11-3)36(5)34-48)46-23-17-42(18-24-46)50(53)14-10-2/h11-12,15-30,32-35,50,54H,3-4,9-10,13-14,31,53H2,1-2,5-8H3. The van der Waals surface area contributed by atoms with Gasteiger partial charge in [-0.15, -0.1) is 0 Å². The third-order valence-corrected chi connectivity index (χ3v) is 10.8. The molecular formula is C52H58N4. The number of hydrogen-bond acceptors (Lipinski definition) is 4. The molecule has 1 unspecified atom stereocenters. The molecule has 0 saturated heterocycles. The van der Waals surface area contributed by atoms with Gasteiger partial charge in [0, 0.05) is 52.4 Å². The third kappa shape index (κ3) is 8.83. The SMILES string of the molecule is C=Cc1ccc(N(c2ccc(NCCCC)cc2)c2ccc(-c3ccc(N(c4ccc(C(N)CCC)cc4)c4ccc(C=C)c(C)c4)c(C)c3)cc2C)cc1C. The maximum Gasteiger partial charge on any atom is 0.0491 e. The normalized spacial score (nSPS) is 11.6. The number of anilines is 7. The summed E-state index contributed by atoms with van der Waals surface area (Å²) in [5, 5.41) is 3.56. The first-order valence-corrected chi connectivity index (χ1v) is 20.1. The molecule has 0 aliphatic rings. The van der Waals surface area contributed by atoms with Gasteiger partial charge in [0.25, 0.3) is 0 Å². The van der Waals surface area contributed by atoms with Crippen LogP contribution in [0, 0.1) is 27.7 Å². The van der Waals surface area contributed by atoms with Gasteiger partial charge in [-0.2, -0.15) is 0 Å². The molecule has 3 N–H and O–H groups in total. The van der Waals surface area contributed by atoms with Crippen molar-refractivity contribution in [2.24, 2.45) is 5.73 Å². The Bertz CT molecular complexity index is 2280.